The van der Waals surface area contributed by atoms with Crippen molar-refractivity contribution in [3.8, 4) is 17.0 Å². The average molecular weight is 438 g/mol. The van der Waals surface area contributed by atoms with E-state index in [4.69, 9.17) is 16.3 Å². The normalized spacial score (nSPS) is 28.9. The zero-order valence-electron chi connectivity index (χ0n) is 17.8. The molecule has 4 aliphatic rings. The quantitative estimate of drug-likeness (QED) is 0.450. The number of aromatic hydroxyl groups is 1. The molecule has 1 aromatic heterocycles. The van der Waals surface area contributed by atoms with Crippen LogP contribution in [0.3, 0.4) is 0 Å². The number of ether oxygens (including phenoxy) is 1. The van der Waals surface area contributed by atoms with Crippen LogP contribution in [0.2, 0.25) is 5.02 Å². The molecule has 4 fully saturated rings. The van der Waals surface area contributed by atoms with E-state index < -0.39 is 0 Å². The van der Waals surface area contributed by atoms with Crippen LogP contribution in [0.25, 0.3) is 17.3 Å². The summed E-state index contributed by atoms with van der Waals surface area (Å²) < 4.78 is 4.91. The Bertz CT molecular complexity index is 1010. The van der Waals surface area contributed by atoms with Crippen molar-refractivity contribution in [3.05, 3.63) is 52.7 Å². The number of carbonyl (C=O) groups is 1. The third kappa shape index (κ3) is 3.87. The van der Waals surface area contributed by atoms with E-state index in [1.807, 2.05) is 6.07 Å². The highest BCUT2D eigenvalue weighted by molar-refractivity contribution is 6.33. The molecule has 2 aromatic rings. The number of esters is 1. The van der Waals surface area contributed by atoms with Crippen molar-refractivity contribution >= 4 is 23.6 Å². The lowest BCUT2D eigenvalue weighted by Crippen LogP contribution is -2.48. The van der Waals surface area contributed by atoms with Crippen LogP contribution in [0, 0.1) is 17.8 Å². The molecule has 0 amide bonds. The number of hydrogen-bond donors (Lipinski definition) is 1. The van der Waals surface area contributed by atoms with E-state index in [2.05, 4.69) is 11.1 Å². The van der Waals surface area contributed by atoms with Gasteiger partial charge in [-0.15, -0.1) is 0 Å². The van der Waals surface area contributed by atoms with Gasteiger partial charge in [-0.25, -0.2) is 4.79 Å². The van der Waals surface area contributed by atoms with Crippen LogP contribution in [-0.2, 0) is 14.9 Å². The lowest BCUT2D eigenvalue weighted by Gasteiger charge is -2.57. The Balaban J connectivity index is 1.45. The first-order valence-electron chi connectivity index (χ1n) is 11.3. The van der Waals surface area contributed by atoms with Gasteiger partial charge in [-0.1, -0.05) is 11.6 Å². The number of halogens is 1. The molecular weight excluding hydrogens is 410 g/mol. The predicted molar refractivity (Wildman–Crippen MR) is 122 cm³/mol. The van der Waals surface area contributed by atoms with Crippen molar-refractivity contribution in [2.45, 2.75) is 50.9 Å². The SMILES string of the molecule is CCOC(=O)C=Cc1cnc(-c2ccc(O)c(C34CC5CC(CC(C5)C3)C4)c2)c(Cl)c1. The van der Waals surface area contributed by atoms with E-state index in [-0.39, 0.29) is 11.4 Å². The van der Waals surface area contributed by atoms with Gasteiger partial charge in [0, 0.05) is 23.4 Å². The molecule has 0 spiro atoms. The van der Waals surface area contributed by atoms with Crippen molar-refractivity contribution in [1.29, 1.82) is 0 Å². The molecule has 0 aliphatic heterocycles. The summed E-state index contributed by atoms with van der Waals surface area (Å²) >= 11 is 6.58. The maximum atomic E-state index is 11.5. The van der Waals surface area contributed by atoms with Gasteiger partial charge in [-0.05, 0) is 105 Å². The summed E-state index contributed by atoms with van der Waals surface area (Å²) in [6, 6.07) is 7.61. The van der Waals surface area contributed by atoms with Gasteiger partial charge in [0.25, 0.3) is 0 Å². The van der Waals surface area contributed by atoms with Gasteiger partial charge in [-0.3, -0.25) is 4.98 Å². The van der Waals surface area contributed by atoms with Crippen LogP contribution in [0.5, 0.6) is 5.75 Å². The molecule has 4 bridgehead atoms. The third-order valence-corrected chi connectivity index (χ3v) is 7.73. The molecule has 0 atom stereocenters. The number of rotatable bonds is 5. The zero-order chi connectivity index (χ0) is 21.6. The minimum Gasteiger partial charge on any atom is -0.508 e. The molecule has 1 aromatic carbocycles. The largest absolute Gasteiger partial charge is 0.508 e. The molecule has 4 nitrogen and oxygen atoms in total. The van der Waals surface area contributed by atoms with Gasteiger partial charge in [0.15, 0.2) is 0 Å². The monoisotopic (exact) mass is 437 g/mol. The molecule has 5 heteroatoms. The fraction of sp³-hybridized carbons (Fsp3) is 0.462. The van der Waals surface area contributed by atoms with Crippen LogP contribution in [0.15, 0.2) is 36.5 Å². The predicted octanol–water partition coefficient (Wildman–Crippen LogP) is 6.15. The molecule has 6 rings (SSSR count). The molecule has 0 radical (unpaired) electrons. The molecule has 31 heavy (non-hydrogen) atoms. The number of phenolic OH excluding ortho intramolecular Hbond substituents is 1. The highest BCUT2D eigenvalue weighted by Gasteiger charge is 2.52. The fourth-order valence-electron chi connectivity index (χ4n) is 6.66. The molecule has 1 heterocycles. The number of phenols is 1. The van der Waals surface area contributed by atoms with Crippen molar-refractivity contribution < 1.29 is 14.6 Å². The van der Waals surface area contributed by atoms with Gasteiger partial charge in [0.2, 0.25) is 0 Å². The highest BCUT2D eigenvalue weighted by Crippen LogP contribution is 2.62. The summed E-state index contributed by atoms with van der Waals surface area (Å²) in [6.45, 7) is 2.11. The van der Waals surface area contributed by atoms with Crippen molar-refractivity contribution in [2.24, 2.45) is 17.8 Å². The molecule has 162 valence electrons. The summed E-state index contributed by atoms with van der Waals surface area (Å²) in [6.07, 6.45) is 12.4. The van der Waals surface area contributed by atoms with E-state index in [0.717, 1.165) is 34.4 Å². The van der Waals surface area contributed by atoms with Crippen LogP contribution >= 0.6 is 11.6 Å². The Hall–Kier alpha value is -2.33. The van der Waals surface area contributed by atoms with E-state index in [9.17, 15) is 9.90 Å². The molecule has 0 saturated heterocycles. The summed E-state index contributed by atoms with van der Waals surface area (Å²) in [5.74, 6) is 2.43. The summed E-state index contributed by atoms with van der Waals surface area (Å²) in [5, 5.41) is 11.3. The van der Waals surface area contributed by atoms with Crippen LogP contribution in [-0.4, -0.2) is 22.7 Å². The Morgan fingerprint density at radius 3 is 2.48 bits per heavy atom. The Kier molecular flexibility index (Phi) is 5.29. The van der Waals surface area contributed by atoms with Gasteiger partial charge in [-0.2, -0.15) is 0 Å². The second kappa shape index (κ2) is 7.98. The summed E-state index contributed by atoms with van der Waals surface area (Å²) in [5.41, 5.74) is 3.54. The maximum absolute atomic E-state index is 11.5. The first-order chi connectivity index (χ1) is 15.0. The van der Waals surface area contributed by atoms with Gasteiger partial charge >= 0.3 is 5.97 Å². The number of nitrogens with zero attached hydrogens (tertiary/aromatic N) is 1. The average Bonchev–Trinajstić information content (AvgIpc) is 2.72. The fourth-order valence-corrected chi connectivity index (χ4v) is 6.94. The number of benzene rings is 1. The Morgan fingerprint density at radius 2 is 1.87 bits per heavy atom. The highest BCUT2D eigenvalue weighted by atomic mass is 35.5. The minimum atomic E-state index is -0.388. The second-order valence-corrected chi connectivity index (χ2v) is 10.0. The molecular formula is C26H28ClNO3. The molecule has 1 N–H and O–H groups in total. The van der Waals surface area contributed by atoms with E-state index in [1.165, 1.54) is 44.6 Å². The van der Waals surface area contributed by atoms with Gasteiger partial charge < -0.3 is 9.84 Å². The van der Waals surface area contributed by atoms with Crippen LogP contribution < -0.4 is 0 Å². The van der Waals surface area contributed by atoms with E-state index >= 15 is 0 Å². The zero-order valence-corrected chi connectivity index (χ0v) is 18.6. The van der Waals surface area contributed by atoms with Gasteiger partial charge in [0.1, 0.15) is 5.75 Å². The van der Waals surface area contributed by atoms with Crippen LogP contribution in [0.1, 0.15) is 56.6 Å². The number of hydrogen-bond acceptors (Lipinski definition) is 4. The Labute approximate surface area is 188 Å². The number of carbonyl (C=O) groups excluding carboxylic acids is 1. The molecule has 4 saturated carbocycles. The standard InChI is InChI=1S/C26H28ClNO3/c1-2-31-24(30)6-3-16-10-22(27)25(28-15-16)20-4-5-23(29)21(11-20)26-12-17-7-18(13-26)9-19(8-17)14-26/h3-6,10-11,15,17-19,29H,2,7-9,12-14H2,1H3. The van der Waals surface area contributed by atoms with Gasteiger partial charge in [0.05, 0.1) is 17.3 Å². The summed E-state index contributed by atoms with van der Waals surface area (Å²) in [4.78, 5) is 16.1. The van der Waals surface area contributed by atoms with Crippen molar-refractivity contribution in [2.75, 3.05) is 6.61 Å². The lowest BCUT2D eigenvalue weighted by atomic mass is 9.48. The van der Waals surface area contributed by atoms with E-state index in [1.54, 1.807) is 31.3 Å². The lowest BCUT2D eigenvalue weighted by molar-refractivity contribution is -0.137. The van der Waals surface area contributed by atoms with E-state index in [0.29, 0.717) is 23.1 Å². The molecule has 4 aliphatic carbocycles. The summed E-state index contributed by atoms with van der Waals surface area (Å²) in [7, 11) is 0. The van der Waals surface area contributed by atoms with Crippen LogP contribution in [0.4, 0.5) is 0 Å². The molecule has 0 unspecified atom stereocenters. The smallest absolute Gasteiger partial charge is 0.330 e. The Morgan fingerprint density at radius 1 is 1.19 bits per heavy atom. The number of aromatic nitrogens is 1. The first kappa shape index (κ1) is 20.6. The maximum Gasteiger partial charge on any atom is 0.330 e. The minimum absolute atomic E-state index is 0.101. The van der Waals surface area contributed by atoms with Crippen molar-refractivity contribution in [1.82, 2.24) is 4.98 Å². The second-order valence-electron chi connectivity index (χ2n) is 9.61. The topological polar surface area (TPSA) is 59.4 Å². The number of pyridine rings is 1. The third-order valence-electron chi connectivity index (χ3n) is 7.44. The van der Waals surface area contributed by atoms with Crippen molar-refractivity contribution in [3.63, 3.8) is 0 Å². The first-order valence-corrected chi connectivity index (χ1v) is 11.7.